The minimum Gasteiger partial charge on any atom is -0.321 e. The zero-order valence-electron chi connectivity index (χ0n) is 13.5. The summed E-state index contributed by atoms with van der Waals surface area (Å²) in [4.78, 5) is 18.8. The van der Waals surface area contributed by atoms with Crippen molar-refractivity contribution in [3.05, 3.63) is 68.7 Å². The number of amides is 1. The molecule has 0 saturated heterocycles. The van der Waals surface area contributed by atoms with Crippen LogP contribution in [-0.2, 0) is 6.18 Å². The highest BCUT2D eigenvalue weighted by atomic mass is 32.1. The molecule has 1 amide bonds. The molecule has 3 aromatic rings. The molecule has 2 heterocycles. The lowest BCUT2D eigenvalue weighted by molar-refractivity contribution is -0.136. The predicted octanol–water partition coefficient (Wildman–Crippen LogP) is 6.14. The van der Waals surface area contributed by atoms with E-state index < -0.39 is 17.6 Å². The average molecular weight is 394 g/mol. The van der Waals surface area contributed by atoms with E-state index in [0.717, 1.165) is 15.8 Å². The second-order valence-electron chi connectivity index (χ2n) is 5.34. The number of nitrogens with one attached hydrogen (secondary N) is 1. The fourth-order valence-electron chi connectivity index (χ4n) is 2.25. The first-order chi connectivity index (χ1) is 12.3. The fourth-order valence-corrected chi connectivity index (χ4v) is 3.73. The van der Waals surface area contributed by atoms with E-state index in [4.69, 9.17) is 0 Å². The van der Waals surface area contributed by atoms with E-state index in [-0.39, 0.29) is 11.3 Å². The number of alkyl halides is 3. The first-order valence-electron chi connectivity index (χ1n) is 7.50. The third-order valence-electron chi connectivity index (χ3n) is 3.44. The van der Waals surface area contributed by atoms with Crippen molar-refractivity contribution < 1.29 is 18.0 Å². The number of anilines is 1. The number of hydrogen-bond acceptors (Lipinski definition) is 4. The molecule has 3 rings (SSSR count). The molecule has 3 nitrogen and oxygen atoms in total. The Morgan fingerprint density at radius 3 is 2.62 bits per heavy atom. The van der Waals surface area contributed by atoms with Crippen molar-refractivity contribution in [2.24, 2.45) is 4.99 Å². The largest absolute Gasteiger partial charge is 0.418 e. The molecule has 26 heavy (non-hydrogen) atoms. The van der Waals surface area contributed by atoms with Crippen LogP contribution in [0.4, 0.5) is 23.9 Å². The standard InChI is InChI=1S/C18H13F3N2OS2/c1-11-6-7-12(26-11)10-22-17-13(8-9-25-17)16(24)23-15-5-3-2-4-14(15)18(19,20)21/h2-10H,1H3,(H,23,24). The first kappa shape index (κ1) is 18.3. The van der Waals surface area contributed by atoms with Gasteiger partial charge in [0.15, 0.2) is 0 Å². The lowest BCUT2D eigenvalue weighted by Gasteiger charge is -2.13. The maximum absolute atomic E-state index is 13.1. The smallest absolute Gasteiger partial charge is 0.321 e. The van der Waals surface area contributed by atoms with Crippen LogP contribution >= 0.6 is 22.7 Å². The Hall–Kier alpha value is -2.45. The van der Waals surface area contributed by atoms with Crippen molar-refractivity contribution in [2.45, 2.75) is 13.1 Å². The fraction of sp³-hybridized carbons (Fsp3) is 0.111. The molecular weight excluding hydrogens is 381 g/mol. The second kappa shape index (κ2) is 7.43. The Balaban J connectivity index is 1.82. The topological polar surface area (TPSA) is 41.5 Å². The third kappa shape index (κ3) is 4.20. The first-order valence-corrected chi connectivity index (χ1v) is 9.20. The van der Waals surface area contributed by atoms with Crippen LogP contribution in [0, 0.1) is 6.92 Å². The molecule has 0 atom stereocenters. The van der Waals surface area contributed by atoms with E-state index in [2.05, 4.69) is 10.3 Å². The Labute approximate surface area is 155 Å². The number of rotatable bonds is 4. The summed E-state index contributed by atoms with van der Waals surface area (Å²) in [7, 11) is 0. The van der Waals surface area contributed by atoms with Crippen LogP contribution in [0.3, 0.4) is 0 Å². The molecule has 0 bridgehead atoms. The molecule has 0 fully saturated rings. The number of benzene rings is 1. The summed E-state index contributed by atoms with van der Waals surface area (Å²) in [5, 5.41) is 4.46. The molecule has 134 valence electrons. The van der Waals surface area contributed by atoms with Crippen LogP contribution in [0.25, 0.3) is 0 Å². The van der Waals surface area contributed by atoms with E-state index >= 15 is 0 Å². The molecule has 1 aromatic carbocycles. The number of aliphatic imine (C=N–C) groups is 1. The van der Waals surface area contributed by atoms with Gasteiger partial charge in [-0.25, -0.2) is 4.99 Å². The van der Waals surface area contributed by atoms with Crippen molar-refractivity contribution in [2.75, 3.05) is 5.32 Å². The average Bonchev–Trinajstić information content (AvgIpc) is 3.21. The normalized spacial score (nSPS) is 11.8. The van der Waals surface area contributed by atoms with Crippen LogP contribution in [0.15, 0.2) is 52.8 Å². The van der Waals surface area contributed by atoms with Gasteiger partial charge in [0.25, 0.3) is 5.91 Å². The summed E-state index contributed by atoms with van der Waals surface area (Å²) >= 11 is 2.81. The minimum atomic E-state index is -4.55. The van der Waals surface area contributed by atoms with Crippen LogP contribution < -0.4 is 5.32 Å². The van der Waals surface area contributed by atoms with Crippen molar-refractivity contribution in [3.63, 3.8) is 0 Å². The highest BCUT2D eigenvalue weighted by Gasteiger charge is 2.33. The zero-order chi connectivity index (χ0) is 18.7. The summed E-state index contributed by atoms with van der Waals surface area (Å²) in [6.07, 6.45) is -2.90. The lowest BCUT2D eigenvalue weighted by Crippen LogP contribution is -2.16. The van der Waals surface area contributed by atoms with Gasteiger partial charge in [-0.2, -0.15) is 13.2 Å². The SMILES string of the molecule is Cc1ccc(C=Nc2sccc2C(=O)Nc2ccccc2C(F)(F)F)s1. The van der Waals surface area contributed by atoms with Crippen LogP contribution in [0.1, 0.15) is 25.7 Å². The van der Waals surface area contributed by atoms with Gasteiger partial charge in [-0.05, 0) is 42.6 Å². The predicted molar refractivity (Wildman–Crippen MR) is 100 cm³/mol. The molecule has 2 aromatic heterocycles. The van der Waals surface area contributed by atoms with Crippen LogP contribution in [-0.4, -0.2) is 12.1 Å². The Morgan fingerprint density at radius 1 is 1.15 bits per heavy atom. The quantitative estimate of drug-likeness (QED) is 0.531. The molecule has 0 saturated carbocycles. The number of aryl methyl sites for hydroxylation is 1. The van der Waals surface area contributed by atoms with E-state index in [9.17, 15) is 18.0 Å². The van der Waals surface area contributed by atoms with Gasteiger partial charge in [0.1, 0.15) is 5.00 Å². The lowest BCUT2D eigenvalue weighted by atomic mass is 10.1. The number of carbonyl (C=O) groups is 1. The number of para-hydroxylation sites is 1. The molecule has 0 spiro atoms. The molecule has 0 unspecified atom stereocenters. The van der Waals surface area contributed by atoms with E-state index in [1.807, 2.05) is 19.1 Å². The van der Waals surface area contributed by atoms with E-state index in [0.29, 0.717) is 5.00 Å². The zero-order valence-corrected chi connectivity index (χ0v) is 15.1. The molecule has 0 aliphatic carbocycles. The number of carbonyl (C=O) groups excluding carboxylic acids is 1. The van der Waals surface area contributed by atoms with Gasteiger partial charge in [-0.15, -0.1) is 22.7 Å². The molecule has 8 heteroatoms. The summed E-state index contributed by atoms with van der Waals surface area (Å²) in [6, 6.07) is 10.3. The Morgan fingerprint density at radius 2 is 1.92 bits per heavy atom. The van der Waals surface area contributed by atoms with Crippen molar-refractivity contribution >= 4 is 45.5 Å². The van der Waals surface area contributed by atoms with Crippen molar-refractivity contribution in [1.82, 2.24) is 0 Å². The Kier molecular flexibility index (Phi) is 5.24. The van der Waals surface area contributed by atoms with Crippen molar-refractivity contribution in [3.8, 4) is 0 Å². The van der Waals surface area contributed by atoms with Gasteiger partial charge in [0.05, 0.1) is 16.8 Å². The van der Waals surface area contributed by atoms with Gasteiger partial charge in [0.2, 0.25) is 0 Å². The maximum Gasteiger partial charge on any atom is 0.418 e. The summed E-state index contributed by atoms with van der Waals surface area (Å²) in [6.45, 7) is 1.98. The van der Waals surface area contributed by atoms with Crippen LogP contribution in [0.2, 0.25) is 0 Å². The molecule has 0 aliphatic rings. The number of nitrogens with zero attached hydrogens (tertiary/aromatic N) is 1. The molecule has 0 aliphatic heterocycles. The van der Waals surface area contributed by atoms with Gasteiger partial charge in [0, 0.05) is 16.0 Å². The van der Waals surface area contributed by atoms with Crippen molar-refractivity contribution in [1.29, 1.82) is 0 Å². The highest BCUT2D eigenvalue weighted by Crippen LogP contribution is 2.35. The van der Waals surface area contributed by atoms with Crippen LogP contribution in [0.5, 0.6) is 0 Å². The summed E-state index contributed by atoms with van der Waals surface area (Å²) in [5.74, 6) is -0.627. The third-order valence-corrected chi connectivity index (χ3v) is 5.20. The van der Waals surface area contributed by atoms with Gasteiger partial charge >= 0.3 is 6.18 Å². The molecule has 0 radical (unpaired) electrons. The number of hydrogen-bond donors (Lipinski definition) is 1. The molecular formula is C18H13F3N2OS2. The second-order valence-corrected chi connectivity index (χ2v) is 7.56. The monoisotopic (exact) mass is 394 g/mol. The summed E-state index contributed by atoms with van der Waals surface area (Å²) in [5.41, 5.74) is -0.931. The van der Waals surface area contributed by atoms with Gasteiger partial charge in [-0.1, -0.05) is 12.1 Å². The Bertz CT molecular complexity index is 957. The van der Waals surface area contributed by atoms with E-state index in [1.165, 1.54) is 29.5 Å². The van der Waals surface area contributed by atoms with Gasteiger partial charge in [-0.3, -0.25) is 4.79 Å². The maximum atomic E-state index is 13.1. The number of halogens is 3. The highest BCUT2D eigenvalue weighted by molar-refractivity contribution is 7.14. The number of thiophene rings is 2. The van der Waals surface area contributed by atoms with E-state index in [1.54, 1.807) is 29.0 Å². The summed E-state index contributed by atoms with van der Waals surface area (Å²) < 4.78 is 39.2. The van der Waals surface area contributed by atoms with Gasteiger partial charge < -0.3 is 5.32 Å². The molecule has 1 N–H and O–H groups in total. The minimum absolute atomic E-state index is 0.233.